The molecule has 0 saturated heterocycles. The Balaban J connectivity index is 1.09. The van der Waals surface area contributed by atoms with Crippen LogP contribution in [0.1, 0.15) is 56.4 Å². The van der Waals surface area contributed by atoms with Crippen molar-refractivity contribution < 1.29 is 0 Å². The molecule has 0 heterocycles. The third-order valence-electron chi connectivity index (χ3n) is 12.8. The summed E-state index contributed by atoms with van der Waals surface area (Å²) in [5.74, 6) is 0. The van der Waals surface area contributed by atoms with Crippen LogP contribution in [0.2, 0.25) is 0 Å². The fourth-order valence-corrected chi connectivity index (χ4v) is 10.2. The van der Waals surface area contributed by atoms with Gasteiger partial charge in [0.25, 0.3) is 0 Å². The second-order valence-electron chi connectivity index (χ2n) is 16.4. The summed E-state index contributed by atoms with van der Waals surface area (Å²) >= 11 is 0. The molecule has 2 aliphatic carbocycles. The zero-order valence-electron chi connectivity index (χ0n) is 35.4. The van der Waals surface area contributed by atoms with Crippen molar-refractivity contribution in [1.29, 1.82) is 0 Å². The second kappa shape index (κ2) is 15.8. The molecule has 2 heteroatoms. The average Bonchev–Trinajstić information content (AvgIpc) is 3.77. The molecule has 1 spiro atoms. The first kappa shape index (κ1) is 38.1. The molecule has 0 saturated carbocycles. The highest BCUT2D eigenvalue weighted by molar-refractivity contribution is 5.97. The van der Waals surface area contributed by atoms with E-state index in [-0.39, 0.29) is 6.04 Å². The molecule has 8 aromatic carbocycles. The molecule has 0 N–H and O–H groups in total. The Morgan fingerprint density at radius 1 is 0.475 bits per heavy atom. The lowest BCUT2D eigenvalue weighted by Crippen LogP contribution is -2.29. The lowest BCUT2D eigenvalue weighted by Gasteiger charge is -2.31. The number of allylic oxidation sites excluding steroid dienone is 3. The summed E-state index contributed by atoms with van der Waals surface area (Å²) in [4.78, 5) is 4.75. The minimum Gasteiger partial charge on any atom is -0.339 e. The van der Waals surface area contributed by atoms with Gasteiger partial charge in [-0.25, -0.2) is 0 Å². The van der Waals surface area contributed by atoms with Crippen molar-refractivity contribution in [2.45, 2.75) is 45.6 Å². The van der Waals surface area contributed by atoms with Crippen molar-refractivity contribution in [1.82, 2.24) is 0 Å². The van der Waals surface area contributed by atoms with Crippen molar-refractivity contribution in [2.75, 3.05) is 9.80 Å². The van der Waals surface area contributed by atoms with E-state index in [2.05, 4.69) is 250 Å². The van der Waals surface area contributed by atoms with Gasteiger partial charge < -0.3 is 9.80 Å². The van der Waals surface area contributed by atoms with Crippen LogP contribution in [-0.2, 0) is 5.41 Å². The Hall–Kier alpha value is -7.16. The van der Waals surface area contributed by atoms with Crippen LogP contribution >= 0.6 is 0 Å². The number of hydrogen-bond acceptors (Lipinski definition) is 2. The van der Waals surface area contributed by atoms with E-state index < -0.39 is 5.41 Å². The quantitative estimate of drug-likeness (QED) is 0.127. The fourth-order valence-electron chi connectivity index (χ4n) is 10.2. The summed E-state index contributed by atoms with van der Waals surface area (Å²) in [5, 5.41) is 0. The van der Waals surface area contributed by atoms with Gasteiger partial charge in [-0.2, -0.15) is 0 Å². The highest BCUT2D eigenvalue weighted by Crippen LogP contribution is 2.63. The molecular weight excluding hydrogens is 737 g/mol. The van der Waals surface area contributed by atoms with Gasteiger partial charge in [-0.15, -0.1) is 0 Å². The number of fused-ring (bicyclic) bond motifs is 10. The van der Waals surface area contributed by atoms with Gasteiger partial charge in [-0.3, -0.25) is 0 Å². The van der Waals surface area contributed by atoms with E-state index in [4.69, 9.17) is 0 Å². The third kappa shape index (κ3) is 6.33. The van der Waals surface area contributed by atoms with Gasteiger partial charge in [0, 0.05) is 34.5 Å². The molecule has 296 valence electrons. The minimum atomic E-state index is -0.456. The van der Waals surface area contributed by atoms with Crippen molar-refractivity contribution >= 4 is 22.7 Å². The molecule has 61 heavy (non-hydrogen) atoms. The highest BCUT2D eigenvalue weighted by Gasteiger charge is 2.51. The average molecular weight is 787 g/mol. The Morgan fingerprint density at radius 2 is 0.885 bits per heavy atom. The van der Waals surface area contributed by atoms with Crippen LogP contribution in [0.15, 0.2) is 218 Å². The van der Waals surface area contributed by atoms with Gasteiger partial charge in [0.2, 0.25) is 0 Å². The number of rotatable bonds is 10. The summed E-state index contributed by atoms with van der Waals surface area (Å²) in [7, 11) is 0. The fraction of sp³-hybridized carbons (Fsp3) is 0.119. The molecular formula is C59H50N2. The molecule has 1 unspecified atom stereocenters. The summed E-state index contributed by atoms with van der Waals surface area (Å²) in [6.07, 6.45) is 7.73. The SMILES string of the molecule is CC=CC(C)N(C(C)=CCC)c1ccc(-c2ccc3c(c2)C2(c4ccccc4-c4ccccc42)c2cc(-c4ccc(N(c5ccccc5)c5ccccc5)cc4)ccc2-3)cc1. The van der Waals surface area contributed by atoms with Crippen LogP contribution in [0, 0.1) is 0 Å². The topological polar surface area (TPSA) is 6.48 Å². The first-order valence-electron chi connectivity index (χ1n) is 21.7. The molecule has 1 atom stereocenters. The van der Waals surface area contributed by atoms with Gasteiger partial charge in [-0.05, 0) is 155 Å². The maximum absolute atomic E-state index is 2.49. The van der Waals surface area contributed by atoms with Crippen molar-refractivity contribution in [3.8, 4) is 44.5 Å². The van der Waals surface area contributed by atoms with Crippen LogP contribution in [0.4, 0.5) is 22.7 Å². The van der Waals surface area contributed by atoms with E-state index in [1.807, 2.05) is 0 Å². The number of para-hydroxylation sites is 2. The van der Waals surface area contributed by atoms with Gasteiger partial charge in [0.05, 0.1) is 5.41 Å². The predicted molar refractivity (Wildman–Crippen MR) is 259 cm³/mol. The minimum absolute atomic E-state index is 0.251. The first-order valence-corrected chi connectivity index (χ1v) is 21.7. The molecule has 0 radical (unpaired) electrons. The third-order valence-corrected chi connectivity index (χ3v) is 12.8. The summed E-state index contributed by atoms with van der Waals surface area (Å²) in [6, 6.07) is 72.3. The normalized spacial score (nSPS) is 13.7. The molecule has 0 aliphatic heterocycles. The zero-order valence-corrected chi connectivity index (χ0v) is 35.4. The molecule has 0 bridgehead atoms. The van der Waals surface area contributed by atoms with Gasteiger partial charge >= 0.3 is 0 Å². The lowest BCUT2D eigenvalue weighted by molar-refractivity contribution is 0.794. The maximum Gasteiger partial charge on any atom is 0.0725 e. The standard InChI is InChI=1S/C59H50N2/c1-5-17-41(3)60(42(4)18-6-2)49-33-27-43(28-34-49)45-31-37-53-54-38-32-46(44-29-35-50(36-30-44)61(47-19-9-7-10-20-47)48-21-11-8-12-22-48)40-58(54)59(57(53)39-45)55-25-15-13-23-51(55)52-24-14-16-26-56(52)59/h5,7-41H,6H2,1-4H3. The van der Waals surface area contributed by atoms with Gasteiger partial charge in [0.1, 0.15) is 0 Å². The Bertz CT molecular complexity index is 2840. The molecule has 0 fully saturated rings. The second-order valence-corrected chi connectivity index (χ2v) is 16.4. The summed E-state index contributed by atoms with van der Waals surface area (Å²) in [6.45, 7) is 8.79. The van der Waals surface area contributed by atoms with E-state index in [1.54, 1.807) is 0 Å². The number of anilines is 4. The first-order chi connectivity index (χ1) is 30.0. The van der Waals surface area contributed by atoms with E-state index in [1.165, 1.54) is 78.1 Å². The van der Waals surface area contributed by atoms with E-state index in [9.17, 15) is 0 Å². The van der Waals surface area contributed by atoms with Gasteiger partial charge in [0.15, 0.2) is 0 Å². The molecule has 0 amide bonds. The molecule has 8 aromatic rings. The van der Waals surface area contributed by atoms with Crippen molar-refractivity contribution in [3.05, 3.63) is 240 Å². The number of nitrogens with zero attached hydrogens (tertiary/aromatic N) is 2. The lowest BCUT2D eigenvalue weighted by atomic mass is 9.70. The Morgan fingerprint density at radius 3 is 1.36 bits per heavy atom. The Labute approximate surface area is 361 Å². The van der Waals surface area contributed by atoms with Crippen LogP contribution < -0.4 is 9.80 Å². The molecule has 10 rings (SSSR count). The molecule has 2 aliphatic rings. The van der Waals surface area contributed by atoms with Crippen LogP contribution in [0.3, 0.4) is 0 Å². The molecule has 0 aromatic heterocycles. The zero-order chi connectivity index (χ0) is 41.5. The van der Waals surface area contributed by atoms with E-state index >= 15 is 0 Å². The largest absolute Gasteiger partial charge is 0.339 e. The monoisotopic (exact) mass is 786 g/mol. The smallest absolute Gasteiger partial charge is 0.0725 e. The van der Waals surface area contributed by atoms with E-state index in [0.717, 1.165) is 23.5 Å². The predicted octanol–water partition coefficient (Wildman–Crippen LogP) is 15.9. The summed E-state index contributed by atoms with van der Waals surface area (Å²) < 4.78 is 0. The Kier molecular flexibility index (Phi) is 9.85. The van der Waals surface area contributed by atoms with Crippen LogP contribution in [0.5, 0.6) is 0 Å². The van der Waals surface area contributed by atoms with Crippen molar-refractivity contribution in [3.63, 3.8) is 0 Å². The van der Waals surface area contributed by atoms with Crippen LogP contribution in [-0.4, -0.2) is 6.04 Å². The highest BCUT2D eigenvalue weighted by atomic mass is 15.2. The summed E-state index contributed by atoms with van der Waals surface area (Å²) in [5.41, 5.74) is 20.9. The number of hydrogen-bond donors (Lipinski definition) is 0. The number of benzene rings is 8. The maximum atomic E-state index is 2.49. The molecule has 2 nitrogen and oxygen atoms in total. The van der Waals surface area contributed by atoms with Gasteiger partial charge in [-0.1, -0.05) is 159 Å². The van der Waals surface area contributed by atoms with Crippen molar-refractivity contribution in [2.24, 2.45) is 0 Å². The van der Waals surface area contributed by atoms with E-state index in [0.29, 0.717) is 0 Å². The van der Waals surface area contributed by atoms with Crippen LogP contribution in [0.25, 0.3) is 44.5 Å².